The molecule has 0 aliphatic carbocycles. The van der Waals surface area contributed by atoms with Crippen LogP contribution in [0.1, 0.15) is 26.3 Å². The lowest BCUT2D eigenvalue weighted by Gasteiger charge is -2.08. The van der Waals surface area contributed by atoms with Crippen molar-refractivity contribution in [3.63, 3.8) is 0 Å². The van der Waals surface area contributed by atoms with Crippen molar-refractivity contribution in [2.75, 3.05) is 5.32 Å². The third kappa shape index (κ3) is 3.17. The van der Waals surface area contributed by atoms with Crippen molar-refractivity contribution < 1.29 is 24.2 Å². The number of carbonyl (C=O) groups excluding carboxylic acids is 1. The molecule has 0 aliphatic rings. The molecule has 2 aromatic carbocycles. The van der Waals surface area contributed by atoms with Gasteiger partial charge in [-0.3, -0.25) is 4.79 Å². The van der Waals surface area contributed by atoms with Gasteiger partial charge in [-0.25, -0.2) is 9.18 Å². The van der Waals surface area contributed by atoms with E-state index in [1.54, 1.807) is 6.92 Å². The Balaban J connectivity index is 2.25. The van der Waals surface area contributed by atoms with Gasteiger partial charge in [-0.2, -0.15) is 0 Å². The first-order chi connectivity index (χ1) is 9.88. The lowest BCUT2D eigenvalue weighted by Crippen LogP contribution is -2.13. The number of carbonyl (C=O) groups is 2. The molecule has 3 N–H and O–H groups in total. The molecule has 0 saturated carbocycles. The number of rotatable bonds is 3. The van der Waals surface area contributed by atoms with Gasteiger partial charge in [-0.1, -0.05) is 0 Å². The number of aryl methyl sites for hydroxylation is 1. The van der Waals surface area contributed by atoms with Crippen LogP contribution in [0.3, 0.4) is 0 Å². The van der Waals surface area contributed by atoms with Crippen molar-refractivity contribution in [3.8, 4) is 5.75 Å². The Morgan fingerprint density at radius 3 is 2.48 bits per heavy atom. The third-order valence-corrected chi connectivity index (χ3v) is 2.91. The highest BCUT2D eigenvalue weighted by Crippen LogP contribution is 2.19. The van der Waals surface area contributed by atoms with Gasteiger partial charge in [0.15, 0.2) is 0 Å². The molecule has 108 valence electrons. The largest absolute Gasteiger partial charge is 0.508 e. The monoisotopic (exact) mass is 289 g/mol. The van der Waals surface area contributed by atoms with E-state index in [1.165, 1.54) is 24.3 Å². The van der Waals surface area contributed by atoms with E-state index >= 15 is 0 Å². The van der Waals surface area contributed by atoms with Gasteiger partial charge in [0, 0.05) is 11.3 Å². The Labute approximate surface area is 119 Å². The zero-order valence-electron chi connectivity index (χ0n) is 11.1. The van der Waals surface area contributed by atoms with Gasteiger partial charge in [0.25, 0.3) is 5.91 Å². The van der Waals surface area contributed by atoms with E-state index in [0.717, 1.165) is 12.1 Å². The van der Waals surface area contributed by atoms with Crippen LogP contribution in [0.4, 0.5) is 10.1 Å². The summed E-state index contributed by atoms with van der Waals surface area (Å²) in [7, 11) is 0. The van der Waals surface area contributed by atoms with Crippen LogP contribution in [0, 0.1) is 12.7 Å². The zero-order valence-corrected chi connectivity index (χ0v) is 11.1. The van der Waals surface area contributed by atoms with Crippen LogP contribution in [0.5, 0.6) is 5.75 Å². The predicted molar refractivity (Wildman–Crippen MR) is 74.2 cm³/mol. The van der Waals surface area contributed by atoms with Crippen LogP contribution in [0.15, 0.2) is 36.4 Å². The summed E-state index contributed by atoms with van der Waals surface area (Å²) in [6.07, 6.45) is 0. The molecule has 0 bridgehead atoms. The van der Waals surface area contributed by atoms with Crippen molar-refractivity contribution in [3.05, 3.63) is 58.9 Å². The SMILES string of the molecule is Cc1cc(C(=O)Nc2ccc(F)c(C(=O)O)c2)ccc1O. The van der Waals surface area contributed by atoms with Gasteiger partial charge in [0.05, 0.1) is 5.56 Å². The van der Waals surface area contributed by atoms with Crippen molar-refractivity contribution in [2.24, 2.45) is 0 Å². The molecule has 21 heavy (non-hydrogen) atoms. The topological polar surface area (TPSA) is 86.6 Å². The molecule has 0 aliphatic heterocycles. The van der Waals surface area contributed by atoms with Gasteiger partial charge in [-0.05, 0) is 48.9 Å². The standard InChI is InChI=1S/C15H12FNO4/c1-8-6-9(2-5-13(8)18)14(19)17-10-3-4-12(16)11(7-10)15(20)21/h2-7,18H,1H3,(H,17,19)(H,20,21). The Morgan fingerprint density at radius 1 is 1.14 bits per heavy atom. The summed E-state index contributed by atoms with van der Waals surface area (Å²) in [4.78, 5) is 22.8. The number of carboxylic acids is 1. The maximum absolute atomic E-state index is 13.3. The van der Waals surface area contributed by atoms with E-state index < -0.39 is 23.3 Å². The lowest BCUT2D eigenvalue weighted by molar-refractivity contribution is 0.0691. The smallest absolute Gasteiger partial charge is 0.338 e. The molecular formula is C15H12FNO4. The summed E-state index contributed by atoms with van der Waals surface area (Å²) in [5.74, 6) is -2.70. The molecule has 1 amide bonds. The molecule has 0 aromatic heterocycles. The fourth-order valence-electron chi connectivity index (χ4n) is 1.77. The van der Waals surface area contributed by atoms with E-state index in [-0.39, 0.29) is 11.4 Å². The quantitative estimate of drug-likeness (QED) is 0.811. The van der Waals surface area contributed by atoms with E-state index in [4.69, 9.17) is 5.11 Å². The van der Waals surface area contributed by atoms with Crippen molar-refractivity contribution in [1.29, 1.82) is 0 Å². The van der Waals surface area contributed by atoms with Crippen molar-refractivity contribution in [1.82, 2.24) is 0 Å². The number of aromatic carboxylic acids is 1. The highest BCUT2D eigenvalue weighted by atomic mass is 19.1. The molecule has 2 rings (SSSR count). The number of nitrogens with one attached hydrogen (secondary N) is 1. The summed E-state index contributed by atoms with van der Waals surface area (Å²) in [6, 6.07) is 7.60. The second kappa shape index (κ2) is 5.62. The van der Waals surface area contributed by atoms with E-state index in [1.807, 2.05) is 0 Å². The maximum Gasteiger partial charge on any atom is 0.338 e. The molecule has 0 fully saturated rings. The van der Waals surface area contributed by atoms with Gasteiger partial charge < -0.3 is 15.5 Å². The Bertz CT molecular complexity index is 728. The maximum atomic E-state index is 13.3. The van der Waals surface area contributed by atoms with Crippen LogP contribution in [0.2, 0.25) is 0 Å². The molecule has 0 unspecified atom stereocenters. The number of phenolic OH excluding ortho intramolecular Hbond substituents is 1. The summed E-state index contributed by atoms with van der Waals surface area (Å²) in [5.41, 5.74) is 0.485. The normalized spacial score (nSPS) is 10.2. The first-order valence-corrected chi connectivity index (χ1v) is 6.02. The Hall–Kier alpha value is -2.89. The molecule has 2 aromatic rings. The first kappa shape index (κ1) is 14.5. The molecule has 6 heteroatoms. The second-order valence-corrected chi connectivity index (χ2v) is 4.46. The van der Waals surface area contributed by atoms with Gasteiger partial charge in [0.2, 0.25) is 0 Å². The number of anilines is 1. The zero-order chi connectivity index (χ0) is 15.6. The molecule has 0 saturated heterocycles. The fraction of sp³-hybridized carbons (Fsp3) is 0.0667. The average Bonchev–Trinajstić information content (AvgIpc) is 2.43. The number of aromatic hydroxyl groups is 1. The minimum Gasteiger partial charge on any atom is -0.508 e. The van der Waals surface area contributed by atoms with E-state index in [9.17, 15) is 19.1 Å². The van der Waals surface area contributed by atoms with Gasteiger partial charge in [-0.15, -0.1) is 0 Å². The van der Waals surface area contributed by atoms with Crippen LogP contribution < -0.4 is 5.32 Å². The molecule has 5 nitrogen and oxygen atoms in total. The van der Waals surface area contributed by atoms with Crippen LogP contribution in [0.25, 0.3) is 0 Å². The predicted octanol–water partition coefficient (Wildman–Crippen LogP) is 2.79. The summed E-state index contributed by atoms with van der Waals surface area (Å²) >= 11 is 0. The lowest BCUT2D eigenvalue weighted by atomic mass is 10.1. The number of phenols is 1. The number of hydrogen-bond donors (Lipinski definition) is 3. The van der Waals surface area contributed by atoms with Gasteiger partial charge in [0.1, 0.15) is 11.6 Å². The number of hydrogen-bond acceptors (Lipinski definition) is 3. The number of carboxylic acid groups (broad SMARTS) is 1. The third-order valence-electron chi connectivity index (χ3n) is 2.91. The fourth-order valence-corrected chi connectivity index (χ4v) is 1.77. The van der Waals surface area contributed by atoms with E-state index in [2.05, 4.69) is 5.32 Å². The summed E-state index contributed by atoms with van der Waals surface area (Å²) in [5, 5.41) is 20.7. The van der Waals surface area contributed by atoms with Crippen LogP contribution in [-0.4, -0.2) is 22.1 Å². The summed E-state index contributed by atoms with van der Waals surface area (Å²) < 4.78 is 13.3. The Morgan fingerprint density at radius 2 is 1.86 bits per heavy atom. The van der Waals surface area contributed by atoms with Crippen molar-refractivity contribution in [2.45, 2.75) is 6.92 Å². The highest BCUT2D eigenvalue weighted by molar-refractivity contribution is 6.05. The van der Waals surface area contributed by atoms with Gasteiger partial charge >= 0.3 is 5.97 Å². The minimum atomic E-state index is -1.41. The molecule has 0 heterocycles. The number of halogens is 1. The van der Waals surface area contributed by atoms with E-state index in [0.29, 0.717) is 11.1 Å². The minimum absolute atomic E-state index is 0.0708. The molecule has 0 atom stereocenters. The second-order valence-electron chi connectivity index (χ2n) is 4.46. The number of amides is 1. The highest BCUT2D eigenvalue weighted by Gasteiger charge is 2.13. The number of benzene rings is 2. The van der Waals surface area contributed by atoms with Crippen molar-refractivity contribution >= 4 is 17.6 Å². The summed E-state index contributed by atoms with van der Waals surface area (Å²) in [6.45, 7) is 1.65. The molecule has 0 radical (unpaired) electrons. The molecular weight excluding hydrogens is 277 g/mol. The average molecular weight is 289 g/mol. The first-order valence-electron chi connectivity index (χ1n) is 6.02. The Kier molecular flexibility index (Phi) is 3.89. The molecule has 0 spiro atoms. The van der Waals surface area contributed by atoms with Crippen LogP contribution in [-0.2, 0) is 0 Å². The van der Waals surface area contributed by atoms with Crippen LogP contribution >= 0.6 is 0 Å².